The third-order valence-electron chi connectivity index (χ3n) is 2.87. The van der Waals surface area contributed by atoms with Crippen LogP contribution in [0.2, 0.25) is 0 Å². The summed E-state index contributed by atoms with van der Waals surface area (Å²) in [6, 6.07) is 15.1. The summed E-state index contributed by atoms with van der Waals surface area (Å²) in [5.74, 6) is 1.03. The van der Waals surface area contributed by atoms with E-state index in [1.807, 2.05) is 43.3 Å². The fourth-order valence-corrected chi connectivity index (χ4v) is 2.01. The summed E-state index contributed by atoms with van der Waals surface area (Å²) < 4.78 is 5.83. The molecule has 2 nitrogen and oxygen atoms in total. The molecule has 0 aliphatic carbocycles. The minimum absolute atomic E-state index is 0.250. The molecule has 0 unspecified atom stereocenters. The Bertz CT molecular complexity index is 680. The molecule has 0 saturated heterocycles. The van der Waals surface area contributed by atoms with Gasteiger partial charge < -0.3 is 9.52 Å². The number of para-hydroxylation sites is 1. The van der Waals surface area contributed by atoms with Crippen LogP contribution in [0, 0.1) is 6.92 Å². The number of fused-ring (bicyclic) bond motifs is 1. The van der Waals surface area contributed by atoms with E-state index < -0.39 is 0 Å². The summed E-state index contributed by atoms with van der Waals surface area (Å²) >= 11 is 0. The second-order valence-electron chi connectivity index (χ2n) is 4.15. The molecule has 0 aliphatic heterocycles. The van der Waals surface area contributed by atoms with Crippen LogP contribution in [-0.2, 0) is 0 Å². The Morgan fingerprint density at radius 1 is 1.00 bits per heavy atom. The minimum atomic E-state index is 0.250. The number of phenolic OH excluding ortho intramolecular Hbond substituents is 1. The Hall–Kier alpha value is -2.22. The first kappa shape index (κ1) is 9.97. The molecule has 1 aromatic heterocycles. The molecule has 1 heterocycles. The van der Waals surface area contributed by atoms with E-state index in [2.05, 4.69) is 0 Å². The van der Waals surface area contributed by atoms with E-state index in [0.717, 1.165) is 27.9 Å². The van der Waals surface area contributed by atoms with Crippen molar-refractivity contribution in [2.75, 3.05) is 0 Å². The van der Waals surface area contributed by atoms with Gasteiger partial charge in [-0.15, -0.1) is 0 Å². The highest BCUT2D eigenvalue weighted by atomic mass is 16.3. The van der Waals surface area contributed by atoms with Crippen molar-refractivity contribution in [2.45, 2.75) is 6.92 Å². The highest BCUT2D eigenvalue weighted by molar-refractivity contribution is 5.85. The molecular formula is C15H12O2. The number of rotatable bonds is 1. The highest BCUT2D eigenvalue weighted by Gasteiger charge is 2.07. The lowest BCUT2D eigenvalue weighted by Gasteiger charge is -1.97. The van der Waals surface area contributed by atoms with Crippen molar-refractivity contribution in [1.29, 1.82) is 0 Å². The van der Waals surface area contributed by atoms with Gasteiger partial charge in [-0.1, -0.05) is 30.3 Å². The highest BCUT2D eigenvalue weighted by Crippen LogP contribution is 2.30. The monoisotopic (exact) mass is 224 g/mol. The second-order valence-corrected chi connectivity index (χ2v) is 4.15. The lowest BCUT2D eigenvalue weighted by molar-refractivity contribution is 0.475. The van der Waals surface area contributed by atoms with Crippen LogP contribution < -0.4 is 0 Å². The van der Waals surface area contributed by atoms with E-state index in [1.165, 1.54) is 0 Å². The number of furan rings is 1. The molecule has 0 spiro atoms. The Balaban J connectivity index is 2.22. The van der Waals surface area contributed by atoms with Crippen molar-refractivity contribution >= 4 is 11.0 Å². The Kier molecular flexibility index (Phi) is 2.15. The van der Waals surface area contributed by atoms with Gasteiger partial charge in [-0.05, 0) is 30.7 Å². The number of aromatic hydroxyl groups is 1. The fraction of sp³-hybridized carbons (Fsp3) is 0.0667. The van der Waals surface area contributed by atoms with Crippen molar-refractivity contribution in [3.63, 3.8) is 0 Å². The first-order chi connectivity index (χ1) is 8.24. The molecule has 2 aromatic carbocycles. The molecule has 0 aliphatic rings. The lowest BCUT2D eigenvalue weighted by atomic mass is 10.1. The van der Waals surface area contributed by atoms with Crippen LogP contribution in [0.1, 0.15) is 5.56 Å². The first-order valence-corrected chi connectivity index (χ1v) is 5.52. The molecule has 3 rings (SSSR count). The Morgan fingerprint density at radius 2 is 1.82 bits per heavy atom. The van der Waals surface area contributed by atoms with Crippen LogP contribution in [0.15, 0.2) is 52.9 Å². The molecule has 1 N–H and O–H groups in total. The maximum atomic E-state index is 9.46. The van der Waals surface area contributed by atoms with Crippen LogP contribution in [0.3, 0.4) is 0 Å². The predicted molar refractivity (Wildman–Crippen MR) is 68.1 cm³/mol. The summed E-state index contributed by atoms with van der Waals surface area (Å²) in [7, 11) is 0. The maximum absolute atomic E-state index is 9.46. The van der Waals surface area contributed by atoms with E-state index in [9.17, 15) is 5.11 Å². The van der Waals surface area contributed by atoms with E-state index in [1.54, 1.807) is 12.1 Å². The maximum Gasteiger partial charge on any atom is 0.137 e. The van der Waals surface area contributed by atoms with Gasteiger partial charge in [-0.3, -0.25) is 0 Å². The van der Waals surface area contributed by atoms with E-state index in [0.29, 0.717) is 0 Å². The van der Waals surface area contributed by atoms with Gasteiger partial charge in [0.15, 0.2) is 0 Å². The van der Waals surface area contributed by atoms with Gasteiger partial charge in [-0.25, -0.2) is 0 Å². The standard InChI is InChI=1S/C15H12O2/c1-10-4-2-6-12-9-14(17-15(10)12)11-5-3-7-13(16)8-11/h2-9,16H,1H3. The van der Waals surface area contributed by atoms with Gasteiger partial charge >= 0.3 is 0 Å². The second kappa shape index (κ2) is 3.67. The van der Waals surface area contributed by atoms with Crippen molar-refractivity contribution < 1.29 is 9.52 Å². The van der Waals surface area contributed by atoms with Crippen LogP contribution in [0.5, 0.6) is 5.75 Å². The summed E-state index contributed by atoms with van der Waals surface area (Å²) in [4.78, 5) is 0. The molecule has 0 fully saturated rings. The number of aryl methyl sites for hydroxylation is 1. The van der Waals surface area contributed by atoms with Crippen LogP contribution in [0.4, 0.5) is 0 Å². The fourth-order valence-electron chi connectivity index (χ4n) is 2.01. The average Bonchev–Trinajstić information content (AvgIpc) is 2.74. The number of hydrogen-bond acceptors (Lipinski definition) is 2. The van der Waals surface area contributed by atoms with E-state index in [4.69, 9.17) is 4.42 Å². The quantitative estimate of drug-likeness (QED) is 0.674. The minimum Gasteiger partial charge on any atom is -0.508 e. The largest absolute Gasteiger partial charge is 0.508 e. The number of benzene rings is 2. The zero-order valence-electron chi connectivity index (χ0n) is 9.47. The molecule has 2 heteroatoms. The molecule has 3 aromatic rings. The number of hydrogen-bond donors (Lipinski definition) is 1. The van der Waals surface area contributed by atoms with Crippen LogP contribution in [0.25, 0.3) is 22.3 Å². The predicted octanol–water partition coefficient (Wildman–Crippen LogP) is 4.11. The smallest absolute Gasteiger partial charge is 0.137 e. The molecular weight excluding hydrogens is 212 g/mol. The van der Waals surface area contributed by atoms with E-state index in [-0.39, 0.29) is 5.75 Å². The summed E-state index contributed by atoms with van der Waals surface area (Å²) in [5.41, 5.74) is 2.92. The van der Waals surface area contributed by atoms with Gasteiger partial charge in [-0.2, -0.15) is 0 Å². The summed E-state index contributed by atoms with van der Waals surface area (Å²) in [5, 5.41) is 10.5. The molecule has 0 saturated carbocycles. The van der Waals surface area contributed by atoms with Gasteiger partial charge in [0.25, 0.3) is 0 Å². The van der Waals surface area contributed by atoms with Crippen molar-refractivity contribution in [3.8, 4) is 17.1 Å². The lowest BCUT2D eigenvalue weighted by Crippen LogP contribution is -1.72. The number of phenols is 1. The third kappa shape index (κ3) is 1.68. The zero-order chi connectivity index (χ0) is 11.8. The average molecular weight is 224 g/mol. The molecule has 17 heavy (non-hydrogen) atoms. The molecule has 0 amide bonds. The van der Waals surface area contributed by atoms with Crippen molar-refractivity contribution in [2.24, 2.45) is 0 Å². The van der Waals surface area contributed by atoms with Gasteiger partial charge in [0.2, 0.25) is 0 Å². The normalized spacial score (nSPS) is 10.9. The van der Waals surface area contributed by atoms with E-state index >= 15 is 0 Å². The Labute approximate surface area is 99.1 Å². The Morgan fingerprint density at radius 3 is 2.59 bits per heavy atom. The summed E-state index contributed by atoms with van der Waals surface area (Å²) in [6.07, 6.45) is 0. The molecule has 0 bridgehead atoms. The molecule has 84 valence electrons. The zero-order valence-corrected chi connectivity index (χ0v) is 9.47. The van der Waals surface area contributed by atoms with Gasteiger partial charge in [0, 0.05) is 10.9 Å². The molecule has 0 atom stereocenters. The molecule has 0 radical (unpaired) electrons. The van der Waals surface area contributed by atoms with Crippen LogP contribution >= 0.6 is 0 Å². The van der Waals surface area contributed by atoms with Crippen molar-refractivity contribution in [1.82, 2.24) is 0 Å². The third-order valence-corrected chi connectivity index (χ3v) is 2.87. The summed E-state index contributed by atoms with van der Waals surface area (Å²) in [6.45, 7) is 2.03. The van der Waals surface area contributed by atoms with Gasteiger partial charge in [0.05, 0.1) is 0 Å². The van der Waals surface area contributed by atoms with Crippen LogP contribution in [-0.4, -0.2) is 5.11 Å². The SMILES string of the molecule is Cc1cccc2cc(-c3cccc(O)c3)oc12. The topological polar surface area (TPSA) is 33.4 Å². The van der Waals surface area contributed by atoms with Crippen molar-refractivity contribution in [3.05, 3.63) is 54.1 Å². The first-order valence-electron chi connectivity index (χ1n) is 5.52. The van der Waals surface area contributed by atoms with Gasteiger partial charge in [0.1, 0.15) is 17.1 Å².